The van der Waals surface area contributed by atoms with Crippen molar-refractivity contribution in [3.05, 3.63) is 39.1 Å². The van der Waals surface area contributed by atoms with Crippen LogP contribution >= 0.6 is 15.9 Å². The first-order chi connectivity index (χ1) is 13.3. The Morgan fingerprint density at radius 2 is 1.96 bits per heavy atom. The van der Waals surface area contributed by atoms with Crippen molar-refractivity contribution in [3.8, 4) is 0 Å². The van der Waals surface area contributed by atoms with E-state index in [0.29, 0.717) is 44.5 Å². The van der Waals surface area contributed by atoms with Gasteiger partial charge in [-0.3, -0.25) is 4.79 Å². The molecule has 3 aliphatic heterocycles. The van der Waals surface area contributed by atoms with Crippen molar-refractivity contribution < 1.29 is 24.7 Å². The average Bonchev–Trinajstić information content (AvgIpc) is 3.23. The van der Waals surface area contributed by atoms with E-state index in [1.165, 1.54) is 10.1 Å². The van der Waals surface area contributed by atoms with E-state index in [4.69, 9.17) is 9.57 Å². The maximum atomic E-state index is 13.4. The molecule has 0 aromatic heterocycles. The number of rotatable bonds is 3. The maximum Gasteiger partial charge on any atom is 0.282 e. The topological polar surface area (TPSA) is 82.5 Å². The van der Waals surface area contributed by atoms with Crippen LogP contribution in [0.4, 0.5) is 0 Å². The number of hydroxylamine groups is 4. The van der Waals surface area contributed by atoms with E-state index in [2.05, 4.69) is 15.9 Å². The molecule has 1 atom stereocenters. The fourth-order valence-electron chi connectivity index (χ4n) is 4.27. The number of hydrogen-bond acceptors (Lipinski definition) is 6. The lowest BCUT2D eigenvalue weighted by Crippen LogP contribution is -2.55. The van der Waals surface area contributed by atoms with Gasteiger partial charge in [-0.15, -0.1) is 0 Å². The Bertz CT molecular complexity index is 826. The highest BCUT2D eigenvalue weighted by atomic mass is 79.9. The Labute approximate surface area is 172 Å². The lowest BCUT2D eigenvalue weighted by atomic mass is 9.85. The first-order valence-corrected chi connectivity index (χ1v) is 10.4. The van der Waals surface area contributed by atoms with Crippen LogP contribution in [0.15, 0.2) is 22.4 Å². The molecule has 152 valence electrons. The van der Waals surface area contributed by atoms with Crippen LogP contribution in [0.3, 0.4) is 0 Å². The van der Waals surface area contributed by atoms with Gasteiger partial charge in [0.2, 0.25) is 0 Å². The minimum atomic E-state index is -0.985. The van der Waals surface area contributed by atoms with E-state index in [1.54, 1.807) is 0 Å². The SMILES string of the molecule is Cc1cc(C)c(C2=C(O)C3(CCN(O)CC3)N(OC3CCCO3)C2=O)cc1Br. The number of amides is 1. The molecule has 0 saturated carbocycles. The number of benzene rings is 1. The molecule has 2 fully saturated rings. The van der Waals surface area contributed by atoms with Crippen LogP contribution in [0.1, 0.15) is 42.4 Å². The standard InChI is InChI=1S/C20H25BrN2O5/c1-12-10-13(2)15(21)11-14(12)17-18(24)20(5-7-22(26)8-6-20)23(19(17)25)28-16-4-3-9-27-16/h10-11,16,24,26H,3-9H2,1-2H3. The smallest absolute Gasteiger partial charge is 0.282 e. The predicted octanol–water partition coefficient (Wildman–Crippen LogP) is 3.47. The zero-order chi connectivity index (χ0) is 20.1. The molecule has 1 aromatic rings. The summed E-state index contributed by atoms with van der Waals surface area (Å²) in [5.41, 5.74) is 1.93. The second-order valence-electron chi connectivity index (χ2n) is 7.77. The molecule has 1 spiro atoms. The molecule has 1 unspecified atom stereocenters. The molecule has 7 nitrogen and oxygen atoms in total. The van der Waals surface area contributed by atoms with Gasteiger partial charge in [-0.05, 0) is 55.9 Å². The van der Waals surface area contributed by atoms with E-state index < -0.39 is 11.8 Å². The van der Waals surface area contributed by atoms with Crippen molar-refractivity contribution in [1.29, 1.82) is 0 Å². The highest BCUT2D eigenvalue weighted by Gasteiger charge is 2.56. The van der Waals surface area contributed by atoms with Crippen LogP contribution < -0.4 is 0 Å². The summed E-state index contributed by atoms with van der Waals surface area (Å²) in [6, 6.07) is 3.86. The lowest BCUT2D eigenvalue weighted by molar-refractivity contribution is -0.290. The molecule has 8 heteroatoms. The monoisotopic (exact) mass is 452 g/mol. The summed E-state index contributed by atoms with van der Waals surface area (Å²) >= 11 is 3.53. The van der Waals surface area contributed by atoms with Gasteiger partial charge in [-0.2, -0.15) is 5.06 Å². The van der Waals surface area contributed by atoms with Crippen molar-refractivity contribution in [2.24, 2.45) is 0 Å². The van der Waals surface area contributed by atoms with Gasteiger partial charge in [-0.25, -0.2) is 9.90 Å². The Morgan fingerprint density at radius 1 is 1.25 bits per heavy atom. The van der Waals surface area contributed by atoms with Crippen molar-refractivity contribution in [1.82, 2.24) is 10.1 Å². The molecule has 2 N–H and O–H groups in total. The van der Waals surface area contributed by atoms with Crippen molar-refractivity contribution in [3.63, 3.8) is 0 Å². The predicted molar refractivity (Wildman–Crippen MR) is 105 cm³/mol. The summed E-state index contributed by atoms with van der Waals surface area (Å²) in [5.74, 6) is -0.347. The molecular formula is C20H25BrN2O5. The largest absolute Gasteiger partial charge is 0.509 e. The van der Waals surface area contributed by atoms with E-state index in [0.717, 1.165) is 22.0 Å². The summed E-state index contributed by atoms with van der Waals surface area (Å²) in [6.07, 6.45) is 1.84. The van der Waals surface area contributed by atoms with Crippen molar-refractivity contribution >= 4 is 27.4 Å². The van der Waals surface area contributed by atoms with Gasteiger partial charge in [-0.1, -0.05) is 22.0 Å². The first-order valence-electron chi connectivity index (χ1n) is 9.61. The van der Waals surface area contributed by atoms with Crippen LogP contribution in [0.25, 0.3) is 5.57 Å². The molecule has 3 aliphatic rings. The number of carbonyl (C=O) groups excluding carboxylic acids is 1. The number of halogens is 1. The zero-order valence-electron chi connectivity index (χ0n) is 16.1. The number of ether oxygens (including phenoxy) is 1. The zero-order valence-corrected chi connectivity index (χ0v) is 17.7. The Morgan fingerprint density at radius 3 is 2.61 bits per heavy atom. The van der Waals surface area contributed by atoms with Crippen LogP contribution in [0, 0.1) is 13.8 Å². The third-order valence-corrected chi connectivity index (χ3v) is 6.77. The van der Waals surface area contributed by atoms with Gasteiger partial charge >= 0.3 is 0 Å². The maximum absolute atomic E-state index is 13.4. The summed E-state index contributed by atoms with van der Waals surface area (Å²) in [7, 11) is 0. The number of nitrogens with zero attached hydrogens (tertiary/aromatic N) is 2. The van der Waals surface area contributed by atoms with Crippen molar-refractivity contribution in [2.45, 2.75) is 51.4 Å². The third kappa shape index (κ3) is 3.17. The highest BCUT2D eigenvalue weighted by Crippen LogP contribution is 2.46. The second kappa shape index (κ2) is 7.42. The highest BCUT2D eigenvalue weighted by molar-refractivity contribution is 9.10. The Kier molecular flexibility index (Phi) is 5.26. The number of piperidine rings is 1. The number of aliphatic hydroxyl groups is 1. The van der Waals surface area contributed by atoms with E-state index in [1.807, 2.05) is 26.0 Å². The third-order valence-electron chi connectivity index (χ3n) is 5.92. The van der Waals surface area contributed by atoms with Crippen LogP contribution in [0.2, 0.25) is 0 Å². The lowest BCUT2D eigenvalue weighted by Gasteiger charge is -2.42. The fraction of sp³-hybridized carbons (Fsp3) is 0.550. The Hall–Kier alpha value is -1.45. The number of aliphatic hydroxyl groups excluding tert-OH is 1. The van der Waals surface area contributed by atoms with Crippen LogP contribution in [-0.2, 0) is 14.4 Å². The summed E-state index contributed by atoms with van der Waals surface area (Å²) in [5, 5.41) is 23.6. The molecule has 0 aliphatic carbocycles. The fourth-order valence-corrected chi connectivity index (χ4v) is 4.61. The minimum Gasteiger partial charge on any atom is -0.509 e. The van der Waals surface area contributed by atoms with Crippen molar-refractivity contribution in [2.75, 3.05) is 19.7 Å². The summed E-state index contributed by atoms with van der Waals surface area (Å²) in [6.45, 7) is 5.19. The van der Waals surface area contributed by atoms with Gasteiger partial charge in [0.15, 0.2) is 6.29 Å². The molecule has 0 radical (unpaired) electrons. The summed E-state index contributed by atoms with van der Waals surface area (Å²) in [4.78, 5) is 19.4. The van der Waals surface area contributed by atoms with Gasteiger partial charge in [0.05, 0.1) is 12.2 Å². The second-order valence-corrected chi connectivity index (χ2v) is 8.63. The molecule has 4 rings (SSSR count). The normalized spacial score (nSPS) is 25.4. The quantitative estimate of drug-likeness (QED) is 0.730. The molecule has 3 heterocycles. The van der Waals surface area contributed by atoms with E-state index in [-0.39, 0.29) is 17.2 Å². The van der Waals surface area contributed by atoms with Gasteiger partial charge < -0.3 is 15.1 Å². The van der Waals surface area contributed by atoms with Crippen LogP contribution in [0.5, 0.6) is 0 Å². The molecule has 1 aromatic carbocycles. The number of carbonyl (C=O) groups is 1. The van der Waals surface area contributed by atoms with Gasteiger partial charge in [0.1, 0.15) is 11.3 Å². The summed E-state index contributed by atoms with van der Waals surface area (Å²) < 4.78 is 6.44. The molecule has 1 amide bonds. The van der Waals surface area contributed by atoms with E-state index >= 15 is 0 Å². The average molecular weight is 453 g/mol. The Balaban J connectivity index is 1.78. The first kappa shape index (κ1) is 19.8. The minimum absolute atomic E-state index is 0.0162. The molecular weight excluding hydrogens is 428 g/mol. The van der Waals surface area contributed by atoms with Gasteiger partial charge in [0, 0.05) is 24.0 Å². The number of aryl methyl sites for hydroxylation is 2. The van der Waals surface area contributed by atoms with E-state index in [9.17, 15) is 15.1 Å². The van der Waals surface area contributed by atoms with Crippen LogP contribution in [-0.4, -0.2) is 57.9 Å². The molecule has 2 saturated heterocycles. The molecule has 0 bridgehead atoms. The molecule has 28 heavy (non-hydrogen) atoms. The number of hydrogen-bond donors (Lipinski definition) is 2. The van der Waals surface area contributed by atoms with Gasteiger partial charge in [0.25, 0.3) is 5.91 Å².